The molecule has 174 valence electrons. The smallest absolute Gasteiger partial charge is 0.243 e. The van der Waals surface area contributed by atoms with Gasteiger partial charge in [-0.1, -0.05) is 35.9 Å². The Balaban J connectivity index is 1.50. The molecule has 2 aromatic rings. The fraction of sp³-hybridized carbons (Fsp3) is 0.480. The zero-order valence-electron chi connectivity index (χ0n) is 19.5. The molecule has 1 aliphatic rings. The third-order valence-corrected chi connectivity index (χ3v) is 8.24. The molecule has 0 N–H and O–H groups in total. The van der Waals surface area contributed by atoms with Gasteiger partial charge < -0.3 is 9.64 Å². The summed E-state index contributed by atoms with van der Waals surface area (Å²) in [5, 5.41) is 0. The largest absolute Gasteiger partial charge is 0.494 e. The highest BCUT2D eigenvalue weighted by atomic mass is 32.2. The van der Waals surface area contributed by atoms with Gasteiger partial charge in [-0.25, -0.2) is 8.42 Å². The topological polar surface area (TPSA) is 66.9 Å². The SMILES string of the molecule is Cc1cc(C)c(S(=O)(=O)N2CCC(C(=O)N(C)CCCOc3ccccc3)CC2)c(C)c1. The molecule has 1 fully saturated rings. The minimum Gasteiger partial charge on any atom is -0.494 e. The number of amides is 1. The minimum atomic E-state index is -3.56. The Morgan fingerprint density at radius 2 is 1.66 bits per heavy atom. The Morgan fingerprint density at radius 3 is 2.25 bits per heavy atom. The Kier molecular flexibility index (Phi) is 7.96. The molecule has 0 bridgehead atoms. The molecule has 1 aliphatic heterocycles. The van der Waals surface area contributed by atoms with Crippen LogP contribution in [0.3, 0.4) is 0 Å². The number of piperidine rings is 1. The highest BCUT2D eigenvalue weighted by molar-refractivity contribution is 7.89. The molecule has 0 radical (unpaired) electrons. The molecule has 1 saturated heterocycles. The standard InChI is InChI=1S/C25H34N2O4S/c1-19-17-20(2)24(21(3)18-19)32(29,30)27-14-11-22(12-15-27)25(28)26(4)13-8-16-31-23-9-6-5-7-10-23/h5-7,9-10,17-18,22H,8,11-16H2,1-4H3. The van der Waals surface area contributed by atoms with Gasteiger partial charge in [-0.3, -0.25) is 4.79 Å². The van der Waals surface area contributed by atoms with Crippen molar-refractivity contribution in [2.45, 2.75) is 44.9 Å². The average Bonchev–Trinajstić information content (AvgIpc) is 2.76. The van der Waals surface area contributed by atoms with Gasteiger partial charge in [-0.2, -0.15) is 4.31 Å². The predicted molar refractivity (Wildman–Crippen MR) is 126 cm³/mol. The molecule has 7 heteroatoms. The van der Waals surface area contributed by atoms with E-state index in [-0.39, 0.29) is 11.8 Å². The number of carbonyl (C=O) groups is 1. The molecule has 0 saturated carbocycles. The Bertz CT molecular complexity index is 1010. The zero-order valence-corrected chi connectivity index (χ0v) is 20.3. The second-order valence-corrected chi connectivity index (χ2v) is 10.6. The van der Waals surface area contributed by atoms with Crippen LogP contribution in [0.25, 0.3) is 0 Å². The van der Waals surface area contributed by atoms with Gasteiger partial charge >= 0.3 is 0 Å². The first-order valence-electron chi connectivity index (χ1n) is 11.2. The summed E-state index contributed by atoms with van der Waals surface area (Å²) >= 11 is 0. The van der Waals surface area contributed by atoms with Crippen LogP contribution in [0.1, 0.15) is 36.0 Å². The van der Waals surface area contributed by atoms with Crippen LogP contribution in [0.15, 0.2) is 47.4 Å². The lowest BCUT2D eigenvalue weighted by atomic mass is 9.96. The van der Waals surface area contributed by atoms with Crippen molar-refractivity contribution in [2.24, 2.45) is 5.92 Å². The van der Waals surface area contributed by atoms with Crippen LogP contribution >= 0.6 is 0 Å². The first-order chi connectivity index (χ1) is 15.2. The number of carbonyl (C=O) groups excluding carboxylic acids is 1. The van der Waals surface area contributed by atoms with E-state index < -0.39 is 10.0 Å². The number of hydrogen-bond donors (Lipinski definition) is 0. The molecule has 1 heterocycles. The lowest BCUT2D eigenvalue weighted by Gasteiger charge is -2.33. The Hall–Kier alpha value is -2.38. The minimum absolute atomic E-state index is 0.0875. The highest BCUT2D eigenvalue weighted by Crippen LogP contribution is 2.29. The number of aryl methyl sites for hydroxylation is 3. The fourth-order valence-corrected chi connectivity index (χ4v) is 6.36. The van der Waals surface area contributed by atoms with Gasteiger partial charge in [0.25, 0.3) is 0 Å². The van der Waals surface area contributed by atoms with Gasteiger partial charge in [0, 0.05) is 32.6 Å². The van der Waals surface area contributed by atoms with E-state index in [2.05, 4.69) is 0 Å². The second-order valence-electron chi connectivity index (χ2n) is 8.68. The van der Waals surface area contributed by atoms with Gasteiger partial charge in [-0.15, -0.1) is 0 Å². The van der Waals surface area contributed by atoms with E-state index in [1.807, 2.05) is 70.3 Å². The number of nitrogens with zero attached hydrogens (tertiary/aromatic N) is 2. The van der Waals surface area contributed by atoms with Crippen molar-refractivity contribution < 1.29 is 17.9 Å². The van der Waals surface area contributed by atoms with Gasteiger partial charge in [0.05, 0.1) is 11.5 Å². The maximum absolute atomic E-state index is 13.3. The van der Waals surface area contributed by atoms with E-state index in [9.17, 15) is 13.2 Å². The number of rotatable bonds is 8. The van der Waals surface area contributed by atoms with E-state index >= 15 is 0 Å². The summed E-state index contributed by atoms with van der Waals surface area (Å²) in [5.74, 6) is 0.778. The van der Waals surface area contributed by atoms with Crippen LogP contribution < -0.4 is 4.74 Å². The lowest BCUT2D eigenvalue weighted by molar-refractivity contribution is -0.135. The van der Waals surface area contributed by atoms with Crippen molar-refractivity contribution in [2.75, 3.05) is 33.3 Å². The predicted octanol–water partition coefficient (Wildman–Crippen LogP) is 3.94. The Labute approximate surface area is 192 Å². The summed E-state index contributed by atoms with van der Waals surface area (Å²) < 4.78 is 33.7. The van der Waals surface area contributed by atoms with Crippen LogP contribution in [-0.2, 0) is 14.8 Å². The van der Waals surface area contributed by atoms with Gasteiger partial charge in [0.2, 0.25) is 15.9 Å². The van der Waals surface area contributed by atoms with E-state index in [0.29, 0.717) is 44.0 Å². The van der Waals surface area contributed by atoms with E-state index in [1.165, 1.54) is 4.31 Å². The summed E-state index contributed by atoms with van der Waals surface area (Å²) in [6.45, 7) is 7.57. The maximum Gasteiger partial charge on any atom is 0.243 e. The second kappa shape index (κ2) is 10.5. The fourth-order valence-electron chi connectivity index (χ4n) is 4.48. The third-order valence-electron chi connectivity index (χ3n) is 6.03. The van der Waals surface area contributed by atoms with Crippen LogP contribution in [-0.4, -0.2) is 56.8 Å². The number of ether oxygens (including phenoxy) is 1. The monoisotopic (exact) mass is 458 g/mol. The quantitative estimate of drug-likeness (QED) is 0.562. The van der Waals surface area contributed by atoms with Crippen molar-refractivity contribution in [3.63, 3.8) is 0 Å². The third kappa shape index (κ3) is 5.70. The van der Waals surface area contributed by atoms with Crippen molar-refractivity contribution in [1.29, 1.82) is 0 Å². The number of para-hydroxylation sites is 1. The van der Waals surface area contributed by atoms with Crippen molar-refractivity contribution >= 4 is 15.9 Å². The molecule has 0 unspecified atom stereocenters. The average molecular weight is 459 g/mol. The maximum atomic E-state index is 13.3. The van der Waals surface area contributed by atoms with Gasteiger partial charge in [0.1, 0.15) is 5.75 Å². The highest BCUT2D eigenvalue weighted by Gasteiger charge is 2.34. The van der Waals surface area contributed by atoms with E-state index in [1.54, 1.807) is 4.90 Å². The molecular formula is C25H34N2O4S. The summed E-state index contributed by atoms with van der Waals surface area (Å²) in [5.41, 5.74) is 2.61. The number of sulfonamides is 1. The van der Waals surface area contributed by atoms with Gasteiger partial charge in [0.15, 0.2) is 0 Å². The first-order valence-corrected chi connectivity index (χ1v) is 12.6. The van der Waals surface area contributed by atoms with Crippen molar-refractivity contribution in [1.82, 2.24) is 9.21 Å². The molecule has 0 spiro atoms. The summed E-state index contributed by atoms with van der Waals surface area (Å²) in [7, 11) is -1.75. The molecule has 0 aliphatic carbocycles. The van der Waals surface area contributed by atoms with Gasteiger partial charge in [-0.05, 0) is 63.3 Å². The van der Waals surface area contributed by atoms with E-state index in [4.69, 9.17) is 4.74 Å². The number of benzene rings is 2. The molecule has 6 nitrogen and oxygen atoms in total. The van der Waals surface area contributed by atoms with Crippen molar-refractivity contribution in [3.8, 4) is 5.75 Å². The molecular weight excluding hydrogens is 424 g/mol. The molecule has 1 amide bonds. The first kappa shape index (κ1) is 24.3. The number of hydrogen-bond acceptors (Lipinski definition) is 4. The molecule has 0 atom stereocenters. The summed E-state index contributed by atoms with van der Waals surface area (Å²) in [6.07, 6.45) is 1.84. The Morgan fingerprint density at radius 1 is 1.06 bits per heavy atom. The van der Waals surface area contributed by atoms with Crippen LogP contribution in [0.2, 0.25) is 0 Å². The zero-order chi connectivity index (χ0) is 23.3. The molecule has 3 rings (SSSR count). The summed E-state index contributed by atoms with van der Waals surface area (Å²) in [6, 6.07) is 13.4. The van der Waals surface area contributed by atoms with Crippen LogP contribution in [0.4, 0.5) is 0 Å². The lowest BCUT2D eigenvalue weighted by Crippen LogP contribution is -2.44. The molecule has 2 aromatic carbocycles. The molecule has 0 aromatic heterocycles. The van der Waals surface area contributed by atoms with Crippen LogP contribution in [0, 0.1) is 26.7 Å². The van der Waals surface area contributed by atoms with Crippen molar-refractivity contribution in [3.05, 3.63) is 59.2 Å². The molecule has 32 heavy (non-hydrogen) atoms. The summed E-state index contributed by atoms with van der Waals surface area (Å²) in [4.78, 5) is 15.0. The normalized spacial score (nSPS) is 15.5. The van der Waals surface area contributed by atoms with Crippen LogP contribution in [0.5, 0.6) is 5.75 Å². The van der Waals surface area contributed by atoms with E-state index in [0.717, 1.165) is 28.9 Å².